The molecule has 1 aliphatic rings. The van der Waals surface area contributed by atoms with Crippen molar-refractivity contribution in [2.24, 2.45) is 5.92 Å². The van der Waals surface area contributed by atoms with Crippen LogP contribution in [0.4, 0.5) is 0 Å². The van der Waals surface area contributed by atoms with E-state index in [-0.39, 0.29) is 53.1 Å². The highest BCUT2D eigenvalue weighted by Crippen LogP contribution is 2.50. The lowest BCUT2D eigenvalue weighted by Crippen LogP contribution is -2.30. The third kappa shape index (κ3) is 2.99. The van der Waals surface area contributed by atoms with E-state index < -0.39 is 5.92 Å². The number of ketones is 1. The predicted molar refractivity (Wildman–Crippen MR) is 97.6 cm³/mol. The van der Waals surface area contributed by atoms with Crippen LogP contribution in [-0.2, 0) is 6.42 Å². The van der Waals surface area contributed by atoms with Crippen molar-refractivity contribution in [1.82, 2.24) is 0 Å². The minimum Gasteiger partial charge on any atom is -0.504 e. The largest absolute Gasteiger partial charge is 0.504 e. The number of phenolic OH excluding ortho intramolecular Hbond substituents is 2. The van der Waals surface area contributed by atoms with Crippen LogP contribution in [0.25, 0.3) is 0 Å². The number of methoxy groups -OCH3 is 3. The molecule has 27 heavy (non-hydrogen) atoms. The molecule has 1 aliphatic heterocycles. The molecule has 3 rings (SSSR count). The van der Waals surface area contributed by atoms with Gasteiger partial charge in [-0.05, 0) is 25.0 Å². The van der Waals surface area contributed by atoms with Crippen molar-refractivity contribution in [2.75, 3.05) is 27.9 Å². The van der Waals surface area contributed by atoms with Crippen LogP contribution < -0.4 is 18.9 Å². The van der Waals surface area contributed by atoms with E-state index in [0.29, 0.717) is 16.9 Å². The van der Waals surface area contributed by atoms with Crippen molar-refractivity contribution in [3.8, 4) is 34.5 Å². The zero-order valence-corrected chi connectivity index (χ0v) is 15.7. The van der Waals surface area contributed by atoms with Gasteiger partial charge in [-0.2, -0.15) is 0 Å². The van der Waals surface area contributed by atoms with Crippen molar-refractivity contribution in [3.63, 3.8) is 0 Å². The van der Waals surface area contributed by atoms with Crippen LogP contribution in [0.5, 0.6) is 34.5 Å². The molecule has 144 valence electrons. The van der Waals surface area contributed by atoms with E-state index in [2.05, 4.69) is 0 Å². The molecule has 7 heteroatoms. The maximum Gasteiger partial charge on any atom is 0.204 e. The summed E-state index contributed by atoms with van der Waals surface area (Å²) in [4.78, 5) is 13.2. The Kier molecular flexibility index (Phi) is 5.03. The van der Waals surface area contributed by atoms with Crippen molar-refractivity contribution >= 4 is 5.78 Å². The second kappa shape index (κ2) is 7.26. The Morgan fingerprint density at radius 1 is 1.07 bits per heavy atom. The maximum atomic E-state index is 13.2. The first-order valence-corrected chi connectivity index (χ1v) is 8.43. The molecule has 7 nitrogen and oxygen atoms in total. The van der Waals surface area contributed by atoms with Gasteiger partial charge in [0, 0.05) is 5.56 Å². The Bertz CT molecular complexity index is 889. The van der Waals surface area contributed by atoms with Crippen LogP contribution in [-0.4, -0.2) is 43.9 Å². The van der Waals surface area contributed by atoms with Gasteiger partial charge in [0.2, 0.25) is 5.75 Å². The van der Waals surface area contributed by atoms with Crippen molar-refractivity contribution in [3.05, 3.63) is 34.9 Å². The van der Waals surface area contributed by atoms with E-state index in [1.54, 1.807) is 25.1 Å². The predicted octanol–water partition coefficient (Wildman–Crippen LogP) is 2.87. The number of carbonyl (C=O) groups excluding carboxylic acids is 1. The van der Waals surface area contributed by atoms with Gasteiger partial charge < -0.3 is 29.2 Å². The molecular formula is C20H22O7. The number of phenols is 2. The third-order valence-electron chi connectivity index (χ3n) is 4.79. The van der Waals surface area contributed by atoms with Gasteiger partial charge in [0.25, 0.3) is 0 Å². The first-order valence-electron chi connectivity index (χ1n) is 8.43. The summed E-state index contributed by atoms with van der Waals surface area (Å²) >= 11 is 0. The van der Waals surface area contributed by atoms with Gasteiger partial charge in [-0.1, -0.05) is 12.1 Å². The number of rotatable bonds is 5. The molecule has 0 saturated heterocycles. The fraction of sp³-hybridized carbons (Fsp3) is 0.350. The van der Waals surface area contributed by atoms with Crippen LogP contribution in [0.2, 0.25) is 0 Å². The highest BCUT2D eigenvalue weighted by Gasteiger charge is 2.37. The topological polar surface area (TPSA) is 94.5 Å². The lowest BCUT2D eigenvalue weighted by molar-refractivity contribution is 0.0819. The van der Waals surface area contributed by atoms with E-state index in [1.165, 1.54) is 21.3 Å². The number of hydrogen-bond donors (Lipinski definition) is 2. The Labute approximate surface area is 157 Å². The standard InChI is InChI=1S/C20H22O7/c1-10-15(21)20(26-4)19-14(18(10)25-3)17(23)12(9-27-19)8-11-6-5-7-13(24-2)16(11)22/h5-7,12,21-22H,8-9H2,1-4H3. The van der Waals surface area contributed by atoms with Gasteiger partial charge in [-0.3, -0.25) is 4.79 Å². The first-order chi connectivity index (χ1) is 12.9. The molecule has 2 N–H and O–H groups in total. The van der Waals surface area contributed by atoms with Gasteiger partial charge in [-0.15, -0.1) is 0 Å². The summed E-state index contributed by atoms with van der Waals surface area (Å²) in [6.45, 7) is 1.73. The van der Waals surface area contributed by atoms with E-state index in [0.717, 1.165) is 0 Å². The fourth-order valence-electron chi connectivity index (χ4n) is 3.37. The van der Waals surface area contributed by atoms with E-state index in [4.69, 9.17) is 18.9 Å². The molecule has 0 spiro atoms. The molecule has 2 aromatic carbocycles. The van der Waals surface area contributed by atoms with Crippen LogP contribution in [0, 0.1) is 12.8 Å². The summed E-state index contributed by atoms with van der Waals surface area (Å²) in [7, 11) is 4.30. The van der Waals surface area contributed by atoms with Crippen LogP contribution in [0.3, 0.4) is 0 Å². The van der Waals surface area contributed by atoms with E-state index in [1.807, 2.05) is 0 Å². The minimum atomic E-state index is -0.530. The number of ether oxygens (including phenoxy) is 4. The van der Waals surface area contributed by atoms with Gasteiger partial charge in [-0.25, -0.2) is 0 Å². The average Bonchev–Trinajstić information content (AvgIpc) is 2.67. The van der Waals surface area contributed by atoms with Crippen LogP contribution >= 0.6 is 0 Å². The van der Waals surface area contributed by atoms with Gasteiger partial charge in [0.1, 0.15) is 11.3 Å². The summed E-state index contributed by atoms with van der Waals surface area (Å²) < 4.78 is 21.5. The molecule has 0 aromatic heterocycles. The second-order valence-electron chi connectivity index (χ2n) is 6.29. The zero-order chi connectivity index (χ0) is 19.7. The third-order valence-corrected chi connectivity index (χ3v) is 4.79. The highest BCUT2D eigenvalue weighted by atomic mass is 16.5. The first kappa shape index (κ1) is 18.7. The minimum absolute atomic E-state index is 0.00466. The van der Waals surface area contributed by atoms with Crippen molar-refractivity contribution in [2.45, 2.75) is 13.3 Å². The molecule has 1 unspecified atom stereocenters. The zero-order valence-electron chi connectivity index (χ0n) is 15.7. The quantitative estimate of drug-likeness (QED) is 0.831. The number of para-hydroxylation sites is 1. The summed E-state index contributed by atoms with van der Waals surface area (Å²) in [5.74, 6) is 0.0439. The number of hydrogen-bond acceptors (Lipinski definition) is 7. The Morgan fingerprint density at radius 2 is 1.78 bits per heavy atom. The lowest BCUT2D eigenvalue weighted by Gasteiger charge is -2.28. The molecule has 1 heterocycles. The highest BCUT2D eigenvalue weighted by molar-refractivity contribution is 6.05. The summed E-state index contributed by atoms with van der Waals surface area (Å²) in [5.41, 5.74) is 1.22. The molecule has 2 aromatic rings. The number of Topliss-reactive ketones (excluding diaryl/α,β-unsaturated/α-hetero) is 1. The normalized spacial score (nSPS) is 15.7. The maximum absolute atomic E-state index is 13.2. The van der Waals surface area contributed by atoms with Gasteiger partial charge >= 0.3 is 0 Å². The monoisotopic (exact) mass is 374 g/mol. The Morgan fingerprint density at radius 3 is 2.41 bits per heavy atom. The molecule has 0 saturated carbocycles. The van der Waals surface area contributed by atoms with E-state index in [9.17, 15) is 15.0 Å². The summed E-state index contributed by atoms with van der Waals surface area (Å²) in [6, 6.07) is 5.13. The second-order valence-corrected chi connectivity index (χ2v) is 6.29. The average molecular weight is 374 g/mol. The number of benzene rings is 2. The molecule has 0 aliphatic carbocycles. The smallest absolute Gasteiger partial charge is 0.204 e. The van der Waals surface area contributed by atoms with Gasteiger partial charge in [0.15, 0.2) is 28.8 Å². The van der Waals surface area contributed by atoms with Crippen molar-refractivity contribution in [1.29, 1.82) is 0 Å². The van der Waals surface area contributed by atoms with E-state index >= 15 is 0 Å². The summed E-state index contributed by atoms with van der Waals surface area (Å²) in [5, 5.41) is 20.6. The SMILES string of the molecule is COc1cccc(CC2COc3c(OC)c(O)c(C)c(OC)c3C2=O)c1O. The molecule has 0 bridgehead atoms. The van der Waals surface area contributed by atoms with Crippen LogP contribution in [0.15, 0.2) is 18.2 Å². The van der Waals surface area contributed by atoms with Crippen LogP contribution in [0.1, 0.15) is 21.5 Å². The Hall–Kier alpha value is -3.09. The Balaban J connectivity index is 2.03. The van der Waals surface area contributed by atoms with Crippen molar-refractivity contribution < 1.29 is 34.0 Å². The molecular weight excluding hydrogens is 352 g/mol. The molecule has 0 fully saturated rings. The molecule has 1 atom stereocenters. The summed E-state index contributed by atoms with van der Waals surface area (Å²) in [6.07, 6.45) is 0.271. The number of carbonyl (C=O) groups is 1. The number of fused-ring (bicyclic) bond motifs is 1. The molecule has 0 amide bonds. The van der Waals surface area contributed by atoms with Gasteiger partial charge in [0.05, 0.1) is 33.9 Å². The molecule has 0 radical (unpaired) electrons. The fourth-order valence-corrected chi connectivity index (χ4v) is 3.37. The lowest BCUT2D eigenvalue weighted by atomic mass is 9.87. The number of aromatic hydroxyl groups is 2.